The molecule has 0 bridgehead atoms. The number of carboxylic acid groups (broad SMARTS) is 1. The molecule has 0 unspecified atom stereocenters. The van der Waals surface area contributed by atoms with E-state index in [1.807, 2.05) is 0 Å². The minimum Gasteiger partial charge on any atom is -0.481 e. The molecular weight excluding hydrogens is 676 g/mol. The fraction of sp³-hybridized carbons (Fsp3) is 0.514. The van der Waals surface area contributed by atoms with Gasteiger partial charge in [0.1, 0.15) is 11.5 Å². The lowest BCUT2D eigenvalue weighted by atomic mass is 9.90. The molecule has 2 heterocycles. The maximum absolute atomic E-state index is 15.8. The number of aliphatic carboxylic acids is 1. The van der Waals surface area contributed by atoms with Crippen LogP contribution in [0, 0.1) is 25.6 Å². The Morgan fingerprint density at radius 2 is 1.68 bits per heavy atom. The molecule has 0 radical (unpaired) electrons. The van der Waals surface area contributed by atoms with Gasteiger partial charge < -0.3 is 10.4 Å². The van der Waals surface area contributed by atoms with Gasteiger partial charge in [0, 0.05) is 49.5 Å². The van der Waals surface area contributed by atoms with Crippen LogP contribution >= 0.6 is 0 Å². The molecule has 0 saturated carbocycles. The summed E-state index contributed by atoms with van der Waals surface area (Å²) in [4.78, 5) is 30.1. The Labute approximate surface area is 284 Å². The number of alkyl halides is 7. The molecule has 1 aromatic heterocycles. The van der Waals surface area contributed by atoms with Crippen molar-refractivity contribution in [3.8, 4) is 11.1 Å². The Balaban J connectivity index is 1.76. The molecule has 0 amide bonds. The van der Waals surface area contributed by atoms with E-state index < -0.39 is 70.8 Å². The van der Waals surface area contributed by atoms with Gasteiger partial charge in [0.05, 0.1) is 18.0 Å². The van der Waals surface area contributed by atoms with Crippen molar-refractivity contribution < 1.29 is 45.0 Å². The lowest BCUT2D eigenvalue weighted by molar-refractivity contribution is -0.142. The third kappa shape index (κ3) is 9.27. The maximum atomic E-state index is 15.8. The quantitative estimate of drug-likeness (QED) is 0.177. The molecule has 1 aliphatic heterocycles. The van der Waals surface area contributed by atoms with Crippen LogP contribution in [0.3, 0.4) is 0 Å². The van der Waals surface area contributed by atoms with E-state index in [0.29, 0.717) is 22.8 Å². The standard InChI is InChI=1S/C35H40F8N4O3/c1-19(2)11-24(47-16-22(9-10-46-17-33(5,37)18-46)31(35(41,42)43)45-32(47)50)15-44-27(14-28(48)49)25-12-23(13-26(30(25)36)34(38,39)40)29-20(3)7-6-8-21(29)4/h6-8,12-13,16,19,24,27,44H,9-11,14-15,17-18H2,1-5H3,(H,48,49)/t24-,27-/m0/s1. The minimum atomic E-state index is -5.13. The van der Waals surface area contributed by atoms with E-state index in [1.54, 1.807) is 50.8 Å². The number of halogens is 8. The lowest BCUT2D eigenvalue weighted by Gasteiger charge is -2.42. The highest BCUT2D eigenvalue weighted by atomic mass is 19.4. The number of rotatable bonds is 13. The zero-order chi connectivity index (χ0) is 37.3. The Morgan fingerprint density at radius 3 is 2.20 bits per heavy atom. The monoisotopic (exact) mass is 716 g/mol. The predicted octanol–water partition coefficient (Wildman–Crippen LogP) is 7.68. The van der Waals surface area contributed by atoms with Crippen LogP contribution in [-0.2, 0) is 23.6 Å². The average Bonchev–Trinajstić information content (AvgIpc) is 2.95. The van der Waals surface area contributed by atoms with Gasteiger partial charge in [0.15, 0.2) is 5.69 Å². The van der Waals surface area contributed by atoms with Gasteiger partial charge in [-0.05, 0) is 73.9 Å². The molecule has 2 N–H and O–H groups in total. The summed E-state index contributed by atoms with van der Waals surface area (Å²) in [5.41, 5.74) is -4.92. The third-order valence-electron chi connectivity index (χ3n) is 8.77. The SMILES string of the molecule is Cc1cccc(C)c1-c1cc([C@H](CC(=O)O)NC[C@H](CC(C)C)n2cc(CCN3CC(C)(F)C3)c(C(F)(F)F)nc2=O)c(F)c(C(F)(F)F)c1. The molecule has 4 rings (SSSR count). The first kappa shape index (κ1) is 38.9. The number of carbonyl (C=O) groups is 1. The molecule has 2 atom stereocenters. The smallest absolute Gasteiger partial charge is 0.433 e. The second-order valence-electron chi connectivity index (χ2n) is 13.7. The van der Waals surface area contributed by atoms with Gasteiger partial charge in [0.2, 0.25) is 0 Å². The van der Waals surface area contributed by atoms with Crippen LogP contribution in [0.15, 0.2) is 41.3 Å². The lowest BCUT2D eigenvalue weighted by Crippen LogP contribution is -2.57. The molecule has 274 valence electrons. The molecular formula is C35H40F8N4O3. The van der Waals surface area contributed by atoms with Crippen molar-refractivity contribution in [2.45, 2.75) is 84.0 Å². The van der Waals surface area contributed by atoms with E-state index in [2.05, 4.69) is 10.3 Å². The molecule has 1 saturated heterocycles. The van der Waals surface area contributed by atoms with Crippen LogP contribution in [0.5, 0.6) is 0 Å². The van der Waals surface area contributed by atoms with Gasteiger partial charge >= 0.3 is 24.0 Å². The molecule has 0 aliphatic carbocycles. The van der Waals surface area contributed by atoms with E-state index in [4.69, 9.17) is 0 Å². The van der Waals surface area contributed by atoms with Crippen molar-refractivity contribution in [3.63, 3.8) is 0 Å². The fourth-order valence-electron chi connectivity index (χ4n) is 6.63. The summed E-state index contributed by atoms with van der Waals surface area (Å²) in [5, 5.41) is 12.6. The van der Waals surface area contributed by atoms with Crippen LogP contribution in [0.25, 0.3) is 11.1 Å². The molecule has 2 aromatic carbocycles. The van der Waals surface area contributed by atoms with Crippen LogP contribution in [-0.4, -0.2) is 57.4 Å². The van der Waals surface area contributed by atoms with E-state index in [9.17, 15) is 45.4 Å². The first-order chi connectivity index (χ1) is 23.1. The number of likely N-dealkylation sites (tertiary alicyclic amines) is 1. The van der Waals surface area contributed by atoms with Gasteiger partial charge in [-0.3, -0.25) is 14.3 Å². The predicted molar refractivity (Wildman–Crippen MR) is 171 cm³/mol. The minimum absolute atomic E-state index is 0.0170. The normalized spacial score (nSPS) is 16.4. The van der Waals surface area contributed by atoms with Gasteiger partial charge in [-0.25, -0.2) is 13.6 Å². The van der Waals surface area contributed by atoms with Crippen molar-refractivity contribution in [2.24, 2.45) is 5.92 Å². The highest BCUT2D eigenvalue weighted by Crippen LogP contribution is 2.40. The van der Waals surface area contributed by atoms with Crippen LogP contribution in [0.4, 0.5) is 35.1 Å². The topological polar surface area (TPSA) is 87.5 Å². The number of benzene rings is 2. The first-order valence-electron chi connectivity index (χ1n) is 16.1. The third-order valence-corrected chi connectivity index (χ3v) is 8.77. The molecule has 0 spiro atoms. The number of hydrogen-bond acceptors (Lipinski definition) is 5. The zero-order valence-corrected chi connectivity index (χ0v) is 28.3. The van der Waals surface area contributed by atoms with Gasteiger partial charge in [-0.2, -0.15) is 31.3 Å². The Kier molecular flexibility index (Phi) is 11.5. The highest BCUT2D eigenvalue weighted by Gasteiger charge is 2.41. The number of nitrogens with one attached hydrogen (secondary N) is 1. The highest BCUT2D eigenvalue weighted by molar-refractivity contribution is 5.73. The zero-order valence-electron chi connectivity index (χ0n) is 28.3. The summed E-state index contributed by atoms with van der Waals surface area (Å²) in [6.45, 7) is 8.06. The van der Waals surface area contributed by atoms with Crippen molar-refractivity contribution in [2.75, 3.05) is 26.2 Å². The first-order valence-corrected chi connectivity index (χ1v) is 16.1. The van der Waals surface area contributed by atoms with Gasteiger partial charge in [-0.1, -0.05) is 32.0 Å². The van der Waals surface area contributed by atoms with Crippen LogP contribution < -0.4 is 11.0 Å². The van der Waals surface area contributed by atoms with Gasteiger partial charge in [0.25, 0.3) is 0 Å². The Morgan fingerprint density at radius 1 is 1.06 bits per heavy atom. The van der Waals surface area contributed by atoms with Crippen molar-refractivity contribution in [1.29, 1.82) is 0 Å². The van der Waals surface area contributed by atoms with Crippen LogP contribution in [0.2, 0.25) is 0 Å². The largest absolute Gasteiger partial charge is 0.481 e. The summed E-state index contributed by atoms with van der Waals surface area (Å²) in [6, 6.07) is 4.41. The summed E-state index contributed by atoms with van der Waals surface area (Å²) in [7, 11) is 0. The summed E-state index contributed by atoms with van der Waals surface area (Å²) < 4.78 is 115. The number of nitrogens with zero attached hydrogens (tertiary/aromatic N) is 3. The summed E-state index contributed by atoms with van der Waals surface area (Å²) in [5.74, 6) is -3.29. The second kappa shape index (κ2) is 14.8. The molecule has 3 aromatic rings. The number of hydrogen-bond donors (Lipinski definition) is 2. The second-order valence-corrected chi connectivity index (χ2v) is 13.7. The summed E-state index contributed by atoms with van der Waals surface area (Å²) in [6.07, 6.45) is -9.98. The number of carboxylic acids is 1. The molecule has 15 heteroatoms. The van der Waals surface area contributed by atoms with Crippen LogP contribution in [0.1, 0.15) is 79.2 Å². The van der Waals surface area contributed by atoms with E-state index >= 15 is 4.39 Å². The van der Waals surface area contributed by atoms with E-state index in [1.165, 1.54) is 13.0 Å². The summed E-state index contributed by atoms with van der Waals surface area (Å²) >= 11 is 0. The maximum Gasteiger partial charge on any atom is 0.433 e. The molecule has 1 fully saturated rings. The number of aromatic nitrogens is 2. The molecule has 1 aliphatic rings. The van der Waals surface area contributed by atoms with E-state index in [-0.39, 0.29) is 56.1 Å². The molecule has 7 nitrogen and oxygen atoms in total. The van der Waals surface area contributed by atoms with E-state index in [0.717, 1.165) is 10.8 Å². The van der Waals surface area contributed by atoms with Gasteiger partial charge in [-0.15, -0.1) is 0 Å². The Bertz CT molecular complexity index is 1740. The van der Waals surface area contributed by atoms with Crippen molar-refractivity contribution in [3.05, 3.63) is 86.3 Å². The molecule has 50 heavy (non-hydrogen) atoms. The average molecular weight is 717 g/mol. The number of aryl methyl sites for hydroxylation is 2. The fourth-order valence-corrected chi connectivity index (χ4v) is 6.63. The van der Waals surface area contributed by atoms with Crippen molar-refractivity contribution >= 4 is 5.97 Å². The van der Waals surface area contributed by atoms with Crippen molar-refractivity contribution in [1.82, 2.24) is 19.8 Å². The Hall–Kier alpha value is -3.85.